The maximum Gasteiger partial charge on any atom is 0.328 e. The lowest BCUT2D eigenvalue weighted by atomic mass is 10.1. The van der Waals surface area contributed by atoms with E-state index in [1.54, 1.807) is 6.92 Å². The van der Waals surface area contributed by atoms with Crippen LogP contribution in [0, 0.1) is 17.2 Å². The monoisotopic (exact) mass is 272 g/mol. The van der Waals surface area contributed by atoms with Gasteiger partial charge in [0.05, 0.1) is 12.7 Å². The zero-order chi connectivity index (χ0) is 14.8. The summed E-state index contributed by atoms with van der Waals surface area (Å²) < 4.78 is 4.80. The molecule has 0 aliphatic heterocycles. The van der Waals surface area contributed by atoms with Crippen molar-refractivity contribution in [1.82, 2.24) is 0 Å². The molecule has 1 rings (SSSR count). The number of aryl methyl sites for hydroxylation is 1. The van der Waals surface area contributed by atoms with Crippen LogP contribution in [0.3, 0.4) is 0 Å². The van der Waals surface area contributed by atoms with Crippen LogP contribution in [0.5, 0.6) is 0 Å². The van der Waals surface area contributed by atoms with Gasteiger partial charge in [0.1, 0.15) is 0 Å². The van der Waals surface area contributed by atoms with E-state index < -0.39 is 11.9 Å². The second-order valence-corrected chi connectivity index (χ2v) is 4.53. The van der Waals surface area contributed by atoms with Gasteiger partial charge in [-0.3, -0.25) is 9.79 Å². The van der Waals surface area contributed by atoms with E-state index in [9.17, 15) is 4.79 Å². The summed E-state index contributed by atoms with van der Waals surface area (Å²) in [7, 11) is 0. The fourth-order valence-corrected chi connectivity index (χ4v) is 1.71. The number of rotatable bonds is 7. The van der Waals surface area contributed by atoms with E-state index in [4.69, 9.17) is 10.00 Å². The summed E-state index contributed by atoms with van der Waals surface area (Å²) in [4.78, 5) is 15.7. The lowest BCUT2D eigenvalue weighted by Crippen LogP contribution is -2.18. The smallest absolute Gasteiger partial charge is 0.328 e. The van der Waals surface area contributed by atoms with Gasteiger partial charge in [0.15, 0.2) is 5.92 Å². The minimum atomic E-state index is -0.908. The molecule has 0 bridgehead atoms. The van der Waals surface area contributed by atoms with Gasteiger partial charge in [-0.25, -0.2) is 0 Å². The third-order valence-corrected chi connectivity index (χ3v) is 2.86. The van der Waals surface area contributed by atoms with Crippen molar-refractivity contribution in [3.8, 4) is 6.07 Å². The minimum Gasteiger partial charge on any atom is -0.465 e. The number of aliphatic imine (C=N–C) groups is 1. The predicted molar refractivity (Wildman–Crippen MR) is 78.5 cm³/mol. The third kappa shape index (κ3) is 5.66. The first-order valence-corrected chi connectivity index (χ1v) is 6.80. The summed E-state index contributed by atoms with van der Waals surface area (Å²) in [5.74, 6) is -1.44. The van der Waals surface area contributed by atoms with E-state index in [1.807, 2.05) is 31.2 Å². The summed E-state index contributed by atoms with van der Waals surface area (Å²) in [6.07, 6.45) is 3.20. The first kappa shape index (κ1) is 15.9. The van der Waals surface area contributed by atoms with Crippen LogP contribution in [0.1, 0.15) is 25.8 Å². The molecular formula is C16H20N2O2. The number of carbonyl (C=O) groups is 1. The van der Waals surface area contributed by atoms with Gasteiger partial charge in [-0.2, -0.15) is 5.26 Å². The fourth-order valence-electron chi connectivity index (χ4n) is 1.71. The third-order valence-electron chi connectivity index (χ3n) is 2.86. The van der Waals surface area contributed by atoms with Gasteiger partial charge in [0.25, 0.3) is 0 Å². The van der Waals surface area contributed by atoms with E-state index in [1.165, 1.54) is 11.8 Å². The number of carbonyl (C=O) groups excluding carboxylic acids is 1. The fraction of sp³-hybridized carbons (Fsp3) is 0.438. The van der Waals surface area contributed by atoms with Crippen LogP contribution in [-0.4, -0.2) is 24.8 Å². The number of esters is 1. The number of hydrogen-bond donors (Lipinski definition) is 0. The summed E-state index contributed by atoms with van der Waals surface area (Å²) in [5.41, 5.74) is 1.26. The van der Waals surface area contributed by atoms with E-state index in [-0.39, 0.29) is 12.6 Å². The zero-order valence-corrected chi connectivity index (χ0v) is 12.0. The summed E-state index contributed by atoms with van der Waals surface area (Å²) in [6, 6.07) is 12.1. The number of hydrogen-bond acceptors (Lipinski definition) is 4. The summed E-state index contributed by atoms with van der Waals surface area (Å²) in [5, 5.41) is 8.90. The molecular weight excluding hydrogens is 252 g/mol. The number of benzene rings is 1. The SMILES string of the molecule is CCOC(=O)[C@@H](C#N)C=N[C@H](C)CCc1ccccc1. The molecule has 0 aliphatic carbocycles. The van der Waals surface area contributed by atoms with Crippen molar-refractivity contribution in [2.45, 2.75) is 32.7 Å². The van der Waals surface area contributed by atoms with Crippen LogP contribution < -0.4 is 0 Å². The maximum atomic E-state index is 11.4. The Bertz CT molecular complexity index is 477. The lowest BCUT2D eigenvalue weighted by Gasteiger charge is -2.07. The molecule has 0 amide bonds. The summed E-state index contributed by atoms with van der Waals surface area (Å²) in [6.45, 7) is 3.96. The van der Waals surface area contributed by atoms with Crippen molar-refractivity contribution in [2.75, 3.05) is 6.61 Å². The molecule has 0 saturated carbocycles. The van der Waals surface area contributed by atoms with Gasteiger partial charge in [0.2, 0.25) is 0 Å². The highest BCUT2D eigenvalue weighted by molar-refractivity contribution is 5.92. The highest BCUT2D eigenvalue weighted by Crippen LogP contribution is 2.07. The van der Waals surface area contributed by atoms with Crippen LogP contribution in [-0.2, 0) is 16.0 Å². The quantitative estimate of drug-likeness (QED) is 0.566. The van der Waals surface area contributed by atoms with Gasteiger partial charge in [-0.1, -0.05) is 30.3 Å². The average molecular weight is 272 g/mol. The highest BCUT2D eigenvalue weighted by atomic mass is 16.5. The molecule has 1 aromatic carbocycles. The zero-order valence-electron chi connectivity index (χ0n) is 12.0. The highest BCUT2D eigenvalue weighted by Gasteiger charge is 2.16. The molecule has 1 aromatic rings. The van der Waals surface area contributed by atoms with Crippen molar-refractivity contribution in [3.63, 3.8) is 0 Å². The molecule has 4 heteroatoms. The molecule has 0 heterocycles. The number of ether oxygens (including phenoxy) is 1. The Balaban J connectivity index is 2.44. The second-order valence-electron chi connectivity index (χ2n) is 4.53. The van der Waals surface area contributed by atoms with Crippen molar-refractivity contribution in [2.24, 2.45) is 10.9 Å². The summed E-state index contributed by atoms with van der Waals surface area (Å²) >= 11 is 0. The molecule has 0 saturated heterocycles. The normalized spacial score (nSPS) is 13.7. The molecule has 2 atom stereocenters. The Kier molecular flexibility index (Phi) is 7.05. The van der Waals surface area contributed by atoms with E-state index in [0.29, 0.717) is 0 Å². The molecule has 0 fully saturated rings. The molecule has 106 valence electrons. The molecule has 0 N–H and O–H groups in total. The van der Waals surface area contributed by atoms with Crippen molar-refractivity contribution in [3.05, 3.63) is 35.9 Å². The Labute approximate surface area is 120 Å². The van der Waals surface area contributed by atoms with Gasteiger partial charge < -0.3 is 4.74 Å². The van der Waals surface area contributed by atoms with E-state index >= 15 is 0 Å². The van der Waals surface area contributed by atoms with Gasteiger partial charge in [-0.15, -0.1) is 0 Å². The van der Waals surface area contributed by atoms with Crippen molar-refractivity contribution >= 4 is 12.2 Å². The number of nitriles is 1. The average Bonchev–Trinajstić information content (AvgIpc) is 2.47. The Morgan fingerprint density at radius 3 is 2.75 bits per heavy atom. The molecule has 0 aliphatic rings. The van der Waals surface area contributed by atoms with Crippen LogP contribution in [0.15, 0.2) is 35.3 Å². The van der Waals surface area contributed by atoms with E-state index in [0.717, 1.165) is 12.8 Å². The van der Waals surface area contributed by atoms with Crippen LogP contribution in [0.2, 0.25) is 0 Å². The largest absolute Gasteiger partial charge is 0.465 e. The van der Waals surface area contributed by atoms with Gasteiger partial charge in [0, 0.05) is 12.3 Å². The Hall–Kier alpha value is -2.15. The first-order valence-electron chi connectivity index (χ1n) is 6.80. The van der Waals surface area contributed by atoms with Crippen LogP contribution in [0.25, 0.3) is 0 Å². The molecule has 0 radical (unpaired) electrons. The molecule has 20 heavy (non-hydrogen) atoms. The molecule has 4 nitrogen and oxygen atoms in total. The molecule has 0 spiro atoms. The molecule has 0 aromatic heterocycles. The maximum absolute atomic E-state index is 11.4. The Morgan fingerprint density at radius 2 is 2.15 bits per heavy atom. The predicted octanol–water partition coefficient (Wildman–Crippen LogP) is 2.78. The van der Waals surface area contributed by atoms with Gasteiger partial charge >= 0.3 is 5.97 Å². The second kappa shape index (κ2) is 8.87. The topological polar surface area (TPSA) is 62.5 Å². The van der Waals surface area contributed by atoms with Crippen molar-refractivity contribution < 1.29 is 9.53 Å². The lowest BCUT2D eigenvalue weighted by molar-refractivity contribution is -0.143. The van der Waals surface area contributed by atoms with E-state index in [2.05, 4.69) is 17.1 Å². The minimum absolute atomic E-state index is 0.0699. The molecule has 0 unspecified atom stereocenters. The van der Waals surface area contributed by atoms with Crippen LogP contribution in [0.4, 0.5) is 0 Å². The Morgan fingerprint density at radius 1 is 1.45 bits per heavy atom. The first-order chi connectivity index (χ1) is 9.67. The van der Waals surface area contributed by atoms with Gasteiger partial charge in [-0.05, 0) is 32.3 Å². The number of nitrogens with zero attached hydrogens (tertiary/aromatic N) is 2. The van der Waals surface area contributed by atoms with Crippen molar-refractivity contribution in [1.29, 1.82) is 5.26 Å². The van der Waals surface area contributed by atoms with Crippen LogP contribution >= 0.6 is 0 Å². The standard InChI is InChI=1S/C16H20N2O2/c1-3-20-16(19)15(11-17)12-18-13(2)9-10-14-7-5-4-6-8-14/h4-8,12-13,15H,3,9-10H2,1-2H3/t13-,15+/m1/s1.